The molecule has 2 saturated heterocycles. The highest BCUT2D eigenvalue weighted by molar-refractivity contribution is 5.91. The Bertz CT molecular complexity index is 1730. The van der Waals surface area contributed by atoms with E-state index >= 15 is 0 Å². The summed E-state index contributed by atoms with van der Waals surface area (Å²) in [5.41, 5.74) is 6.48. The van der Waals surface area contributed by atoms with E-state index in [1.807, 2.05) is 71.3 Å². The van der Waals surface area contributed by atoms with Crippen LogP contribution in [-0.2, 0) is 25.7 Å². The Morgan fingerprint density at radius 1 is 0.915 bits per heavy atom. The maximum absolute atomic E-state index is 12.8. The molecule has 2 aliphatic rings. The van der Waals surface area contributed by atoms with Gasteiger partial charge in [0.2, 0.25) is 11.8 Å². The van der Waals surface area contributed by atoms with Gasteiger partial charge in [-0.05, 0) is 54.7 Å². The number of nitrogens with one attached hydrogen (secondary N) is 3. The minimum Gasteiger partial charge on any atom is -0.392 e. The predicted molar refractivity (Wildman–Crippen MR) is 175 cm³/mol. The van der Waals surface area contributed by atoms with E-state index in [0.717, 1.165) is 53.7 Å². The first kappa shape index (κ1) is 32.6. The molecule has 3 heterocycles. The number of H-pyrrole nitrogens is 1. The summed E-state index contributed by atoms with van der Waals surface area (Å²) >= 11 is 0. The molecular weight excluding hydrogens is 602 g/mol. The molecule has 2 fully saturated rings. The minimum absolute atomic E-state index is 0.0338. The van der Waals surface area contributed by atoms with Crippen LogP contribution in [0.4, 0.5) is 5.69 Å². The van der Waals surface area contributed by atoms with E-state index in [9.17, 15) is 19.5 Å². The second-order valence-electron chi connectivity index (χ2n) is 12.3. The van der Waals surface area contributed by atoms with Gasteiger partial charge in [0, 0.05) is 56.2 Å². The molecule has 5 N–H and O–H groups in total. The number of imidazole rings is 1. The maximum atomic E-state index is 12.8. The number of carbonyl (C=O) groups is 2. The van der Waals surface area contributed by atoms with E-state index in [-0.39, 0.29) is 49.3 Å². The van der Waals surface area contributed by atoms with Gasteiger partial charge in [-0.2, -0.15) is 0 Å². The fourth-order valence-corrected chi connectivity index (χ4v) is 6.57. The number of aliphatic hydroxyl groups is 1. The maximum Gasteiger partial charge on any atom is 0.326 e. The third-order valence-electron chi connectivity index (χ3n) is 9.00. The van der Waals surface area contributed by atoms with Gasteiger partial charge < -0.3 is 29.8 Å². The number of rotatable bonds is 11. The molecule has 3 atom stereocenters. The van der Waals surface area contributed by atoms with E-state index in [1.54, 1.807) is 11.5 Å². The summed E-state index contributed by atoms with van der Waals surface area (Å²) in [6.07, 6.45) is 1.78. The van der Waals surface area contributed by atoms with E-state index < -0.39 is 12.2 Å². The second kappa shape index (κ2) is 15.1. The lowest BCUT2D eigenvalue weighted by atomic mass is 9.98. The smallest absolute Gasteiger partial charge is 0.326 e. The van der Waals surface area contributed by atoms with Gasteiger partial charge in [0.05, 0.1) is 29.8 Å². The number of carbonyl (C=O) groups excluding carboxylic acids is 2. The summed E-state index contributed by atoms with van der Waals surface area (Å²) in [6, 6.07) is 23.1. The van der Waals surface area contributed by atoms with Crippen molar-refractivity contribution in [1.82, 2.24) is 19.9 Å². The number of fused-ring (bicyclic) bond motifs is 1. The van der Waals surface area contributed by atoms with Crippen LogP contribution in [0.1, 0.15) is 73.7 Å². The molecule has 3 aromatic carbocycles. The Hall–Kier alpha value is -4.33. The number of ether oxygens (including phenoxy) is 2. The van der Waals surface area contributed by atoms with Crippen molar-refractivity contribution in [3.63, 3.8) is 0 Å². The Kier molecular flexibility index (Phi) is 10.4. The van der Waals surface area contributed by atoms with Gasteiger partial charge in [0.1, 0.15) is 0 Å². The van der Waals surface area contributed by atoms with Crippen LogP contribution in [-0.4, -0.2) is 62.3 Å². The fraction of sp³-hybridized carbons (Fsp3) is 0.400. The lowest BCUT2D eigenvalue weighted by molar-refractivity contribution is -0.253. The van der Waals surface area contributed by atoms with Crippen LogP contribution in [0.25, 0.3) is 11.0 Å². The van der Waals surface area contributed by atoms with E-state index in [1.165, 1.54) is 0 Å². The third-order valence-corrected chi connectivity index (χ3v) is 9.00. The summed E-state index contributed by atoms with van der Waals surface area (Å²) in [5, 5.41) is 21.1. The molecule has 47 heavy (non-hydrogen) atoms. The Balaban J connectivity index is 1.13. The Labute approximate surface area is 272 Å². The largest absolute Gasteiger partial charge is 0.392 e. The number of amides is 2. The average Bonchev–Trinajstić information content (AvgIpc) is 3.44. The van der Waals surface area contributed by atoms with Crippen LogP contribution in [0.2, 0.25) is 0 Å². The van der Waals surface area contributed by atoms with Crippen LogP contribution in [0.5, 0.6) is 0 Å². The highest BCUT2D eigenvalue weighted by atomic mass is 16.7. The Morgan fingerprint density at radius 2 is 1.68 bits per heavy atom. The van der Waals surface area contributed by atoms with Crippen LogP contribution in [0.15, 0.2) is 77.6 Å². The molecule has 248 valence electrons. The number of hydrogen-bond acceptors (Lipinski definition) is 8. The number of aliphatic hydroxyl groups excluding tert-OH is 1. The molecule has 0 aliphatic carbocycles. The van der Waals surface area contributed by atoms with Gasteiger partial charge in [-0.1, -0.05) is 48.5 Å². The predicted octanol–water partition coefficient (Wildman–Crippen LogP) is 4.32. The summed E-state index contributed by atoms with van der Waals surface area (Å²) in [7, 11) is 0. The molecule has 0 spiro atoms. The standard InChI is InChI=1S/C35H41N5O7/c41-22-23-11-13-24(14-12-23)31-20-28(21-39-17-15-27(16-18-39)40-30-8-2-1-7-29(30)37-35(40)44)46-34(47-31)25-5-3-6-26(19-25)36-32(42)9-4-10-33(43)38-45/h1-3,5-8,11-14,19,27-28,31,34,41,45H,4,9-10,15-18,20-22H2,(H,36,42)(H,37,44)(H,38,43)/t28-,31+,34+/m0/s1. The summed E-state index contributed by atoms with van der Waals surface area (Å²) in [6.45, 7) is 2.34. The van der Waals surface area contributed by atoms with Crippen molar-refractivity contribution in [1.29, 1.82) is 0 Å². The van der Waals surface area contributed by atoms with Crippen LogP contribution in [0.3, 0.4) is 0 Å². The van der Waals surface area contributed by atoms with Crippen molar-refractivity contribution in [3.05, 3.63) is 100.0 Å². The SMILES string of the molecule is O=C(CCCC(=O)Nc1cccc([C@@H]2O[C@H](CN3CCC(n4c(=O)[nH]c5ccccc54)CC3)C[C@H](c3ccc(CO)cc3)O2)c1)NO. The first-order chi connectivity index (χ1) is 22.9. The van der Waals surface area contributed by atoms with Gasteiger partial charge >= 0.3 is 5.69 Å². The summed E-state index contributed by atoms with van der Waals surface area (Å²) in [5.74, 6) is -0.771. The normalized spacial score (nSPS) is 20.7. The minimum atomic E-state index is -0.677. The number of hydrogen-bond donors (Lipinski definition) is 5. The van der Waals surface area contributed by atoms with Gasteiger partial charge in [-0.15, -0.1) is 0 Å². The van der Waals surface area contributed by atoms with Crippen LogP contribution in [0, 0.1) is 0 Å². The monoisotopic (exact) mass is 643 g/mol. The van der Waals surface area contributed by atoms with Crippen LogP contribution < -0.4 is 16.5 Å². The molecule has 4 aromatic rings. The Morgan fingerprint density at radius 3 is 2.45 bits per heavy atom. The number of para-hydroxylation sites is 2. The van der Waals surface area contributed by atoms with Crippen molar-refractivity contribution < 1.29 is 29.4 Å². The second-order valence-corrected chi connectivity index (χ2v) is 12.3. The van der Waals surface area contributed by atoms with Crippen molar-refractivity contribution in [2.75, 3.05) is 25.0 Å². The number of aromatic amines is 1. The van der Waals surface area contributed by atoms with Crippen molar-refractivity contribution in [2.24, 2.45) is 0 Å². The number of aromatic nitrogens is 2. The molecule has 0 unspecified atom stereocenters. The lowest BCUT2D eigenvalue weighted by Gasteiger charge is -2.40. The molecule has 2 aliphatic heterocycles. The number of piperidine rings is 1. The first-order valence-electron chi connectivity index (χ1n) is 16.1. The molecule has 0 bridgehead atoms. The van der Waals surface area contributed by atoms with Crippen molar-refractivity contribution in [3.8, 4) is 0 Å². The molecule has 0 saturated carbocycles. The van der Waals surface area contributed by atoms with E-state index in [0.29, 0.717) is 25.1 Å². The number of anilines is 1. The molecule has 12 heteroatoms. The quantitative estimate of drug-likeness (QED) is 0.119. The summed E-state index contributed by atoms with van der Waals surface area (Å²) in [4.78, 5) is 41.9. The van der Waals surface area contributed by atoms with E-state index in [2.05, 4.69) is 15.2 Å². The van der Waals surface area contributed by atoms with Gasteiger partial charge in [0.25, 0.3) is 0 Å². The first-order valence-corrected chi connectivity index (χ1v) is 16.1. The zero-order valence-corrected chi connectivity index (χ0v) is 26.1. The molecular formula is C35H41N5O7. The van der Waals surface area contributed by atoms with E-state index in [4.69, 9.17) is 14.7 Å². The fourth-order valence-electron chi connectivity index (χ4n) is 6.57. The number of hydroxylamine groups is 1. The molecule has 1 aromatic heterocycles. The zero-order chi connectivity index (χ0) is 32.8. The zero-order valence-electron chi connectivity index (χ0n) is 26.1. The lowest BCUT2D eigenvalue weighted by Crippen LogP contribution is -2.43. The van der Waals surface area contributed by atoms with Gasteiger partial charge in [-0.3, -0.25) is 19.4 Å². The number of nitrogens with zero attached hydrogens (tertiary/aromatic N) is 2. The third kappa shape index (κ3) is 7.98. The highest BCUT2D eigenvalue weighted by Gasteiger charge is 2.34. The van der Waals surface area contributed by atoms with Crippen molar-refractivity contribution >= 4 is 28.5 Å². The van der Waals surface area contributed by atoms with Gasteiger partial charge in [0.15, 0.2) is 6.29 Å². The molecule has 6 rings (SSSR count). The number of benzene rings is 3. The topological polar surface area (TPSA) is 158 Å². The molecule has 12 nitrogen and oxygen atoms in total. The molecule has 0 radical (unpaired) electrons. The van der Waals surface area contributed by atoms with Crippen molar-refractivity contribution in [2.45, 2.75) is 69.7 Å². The van der Waals surface area contributed by atoms with Crippen LogP contribution >= 0.6 is 0 Å². The highest BCUT2D eigenvalue weighted by Crippen LogP contribution is 2.39. The molecule has 2 amide bonds. The average molecular weight is 644 g/mol. The summed E-state index contributed by atoms with van der Waals surface area (Å²) < 4.78 is 15.0. The van der Waals surface area contributed by atoms with Gasteiger partial charge in [-0.25, -0.2) is 10.3 Å². The number of likely N-dealkylation sites (tertiary alicyclic amines) is 1.